The van der Waals surface area contributed by atoms with E-state index in [0.717, 1.165) is 16.8 Å². The second-order valence-electron chi connectivity index (χ2n) is 6.29. The molecule has 0 aliphatic rings. The summed E-state index contributed by atoms with van der Waals surface area (Å²) in [6.45, 7) is 6.29. The van der Waals surface area contributed by atoms with Crippen LogP contribution in [-0.2, 0) is 17.7 Å². The number of hydrogen-bond donors (Lipinski definition) is 2. The third kappa shape index (κ3) is 5.26. The molecule has 128 valence electrons. The lowest BCUT2D eigenvalue weighted by molar-refractivity contribution is 0.132. The lowest BCUT2D eigenvalue weighted by Gasteiger charge is -2.12. The molecule has 1 amide bonds. The number of aryl methyl sites for hydroxylation is 1. The number of hydrogen-bond acceptors (Lipinski definition) is 3. The Balaban J connectivity index is 2.13. The molecular formula is C19H24N2O3. The van der Waals surface area contributed by atoms with Gasteiger partial charge < -0.3 is 15.0 Å². The van der Waals surface area contributed by atoms with Crippen LogP contribution in [0.2, 0.25) is 0 Å². The van der Waals surface area contributed by atoms with Gasteiger partial charge in [0, 0.05) is 11.3 Å². The Hall–Kier alpha value is -2.56. The van der Waals surface area contributed by atoms with Crippen LogP contribution in [0.25, 0.3) is 0 Å². The van der Waals surface area contributed by atoms with Gasteiger partial charge >= 0.3 is 6.09 Å². The molecule has 1 aromatic heterocycles. The van der Waals surface area contributed by atoms with Gasteiger partial charge in [0.05, 0.1) is 13.2 Å². The van der Waals surface area contributed by atoms with Crippen LogP contribution in [0.1, 0.15) is 36.2 Å². The van der Waals surface area contributed by atoms with E-state index in [2.05, 4.69) is 10.3 Å². The molecular weight excluding hydrogens is 304 g/mol. The molecule has 0 saturated heterocycles. The lowest BCUT2D eigenvalue weighted by Crippen LogP contribution is -2.29. The molecule has 1 aromatic carbocycles. The first-order valence-corrected chi connectivity index (χ1v) is 8.12. The van der Waals surface area contributed by atoms with Crippen molar-refractivity contribution in [2.45, 2.75) is 33.7 Å². The van der Waals surface area contributed by atoms with Gasteiger partial charge in [-0.05, 0) is 36.5 Å². The number of carbonyl (C=O) groups excluding carboxylic acids is 1. The minimum Gasteiger partial charge on any atom is -0.449 e. The smallest absolute Gasteiger partial charge is 0.407 e. The van der Waals surface area contributed by atoms with Gasteiger partial charge in [0.15, 0.2) is 0 Å². The highest BCUT2D eigenvalue weighted by Crippen LogP contribution is 2.12. The van der Waals surface area contributed by atoms with Crippen molar-refractivity contribution < 1.29 is 9.53 Å². The van der Waals surface area contributed by atoms with E-state index in [1.54, 1.807) is 0 Å². The maximum absolute atomic E-state index is 12.3. The molecule has 0 unspecified atom stereocenters. The van der Waals surface area contributed by atoms with E-state index in [4.69, 9.17) is 4.74 Å². The average Bonchev–Trinajstić information content (AvgIpc) is 2.53. The van der Waals surface area contributed by atoms with Gasteiger partial charge in [-0.15, -0.1) is 0 Å². The summed E-state index contributed by atoms with van der Waals surface area (Å²) in [5.74, 6) is 0.271. The number of aromatic amines is 1. The van der Waals surface area contributed by atoms with E-state index in [1.165, 1.54) is 0 Å². The molecule has 0 aliphatic carbocycles. The molecule has 0 aliphatic heterocycles. The topological polar surface area (TPSA) is 71.2 Å². The van der Waals surface area contributed by atoms with Crippen molar-refractivity contribution in [2.24, 2.45) is 5.92 Å². The molecule has 5 nitrogen and oxygen atoms in total. The Bertz CT molecular complexity index is 736. The van der Waals surface area contributed by atoms with Crippen molar-refractivity contribution in [1.82, 2.24) is 10.3 Å². The average molecular weight is 328 g/mol. The fourth-order valence-electron chi connectivity index (χ4n) is 2.41. The molecule has 2 aromatic rings. The third-order valence-corrected chi connectivity index (χ3v) is 3.56. The highest BCUT2D eigenvalue weighted by Gasteiger charge is 2.12. The Labute approximate surface area is 142 Å². The highest BCUT2D eigenvalue weighted by molar-refractivity contribution is 5.67. The summed E-state index contributed by atoms with van der Waals surface area (Å²) in [4.78, 5) is 26.8. The second kappa shape index (κ2) is 8.34. The number of rotatable bonds is 6. The summed E-state index contributed by atoms with van der Waals surface area (Å²) in [6, 6.07) is 11.9. The predicted molar refractivity (Wildman–Crippen MR) is 94.1 cm³/mol. The van der Waals surface area contributed by atoms with Gasteiger partial charge in [0.1, 0.15) is 0 Å². The summed E-state index contributed by atoms with van der Waals surface area (Å²) >= 11 is 0. The van der Waals surface area contributed by atoms with E-state index in [1.807, 2.05) is 57.2 Å². The summed E-state index contributed by atoms with van der Waals surface area (Å²) < 4.78 is 5.08. The quantitative estimate of drug-likeness (QED) is 0.855. The molecule has 5 heteroatoms. The Morgan fingerprint density at radius 3 is 2.62 bits per heavy atom. The molecule has 1 heterocycles. The molecule has 0 radical (unpaired) electrons. The van der Waals surface area contributed by atoms with Crippen molar-refractivity contribution in [3.05, 3.63) is 69.1 Å². The van der Waals surface area contributed by atoms with Gasteiger partial charge in [0.2, 0.25) is 0 Å². The SMILES string of the molecule is Cc1cc(Cc2ccccc2)c(CNC(=O)OCC(C)C)c(=O)[nH]1. The van der Waals surface area contributed by atoms with Crippen LogP contribution >= 0.6 is 0 Å². The molecule has 0 spiro atoms. The number of alkyl carbamates (subject to hydrolysis) is 1. The summed E-state index contributed by atoms with van der Waals surface area (Å²) in [5.41, 5.74) is 3.21. The maximum Gasteiger partial charge on any atom is 0.407 e. The summed E-state index contributed by atoms with van der Waals surface area (Å²) in [6.07, 6.45) is 0.137. The number of ether oxygens (including phenoxy) is 1. The first-order valence-electron chi connectivity index (χ1n) is 8.12. The molecule has 0 saturated carbocycles. The van der Waals surface area contributed by atoms with Crippen LogP contribution in [0.15, 0.2) is 41.2 Å². The minimum atomic E-state index is -0.505. The molecule has 2 N–H and O–H groups in total. The van der Waals surface area contributed by atoms with E-state index in [0.29, 0.717) is 18.6 Å². The van der Waals surface area contributed by atoms with Crippen molar-refractivity contribution in [2.75, 3.05) is 6.61 Å². The van der Waals surface area contributed by atoms with E-state index in [-0.39, 0.29) is 18.0 Å². The number of carbonyl (C=O) groups is 1. The van der Waals surface area contributed by atoms with E-state index < -0.39 is 6.09 Å². The normalized spacial score (nSPS) is 10.7. The zero-order valence-corrected chi connectivity index (χ0v) is 14.4. The first-order chi connectivity index (χ1) is 11.5. The number of pyridine rings is 1. The van der Waals surface area contributed by atoms with Crippen molar-refractivity contribution in [3.8, 4) is 0 Å². The Morgan fingerprint density at radius 2 is 1.96 bits per heavy atom. The largest absolute Gasteiger partial charge is 0.449 e. The minimum absolute atomic E-state index is 0.148. The molecule has 24 heavy (non-hydrogen) atoms. The van der Waals surface area contributed by atoms with Crippen LogP contribution < -0.4 is 10.9 Å². The number of H-pyrrole nitrogens is 1. The highest BCUT2D eigenvalue weighted by atomic mass is 16.5. The van der Waals surface area contributed by atoms with Gasteiger partial charge in [-0.2, -0.15) is 0 Å². The fourth-order valence-corrected chi connectivity index (χ4v) is 2.41. The summed E-state index contributed by atoms with van der Waals surface area (Å²) in [5, 5.41) is 2.66. The van der Waals surface area contributed by atoms with Crippen LogP contribution in [0, 0.1) is 12.8 Å². The van der Waals surface area contributed by atoms with Crippen LogP contribution in [0.5, 0.6) is 0 Å². The molecule has 0 bridgehead atoms. The maximum atomic E-state index is 12.3. The second-order valence-corrected chi connectivity index (χ2v) is 6.29. The van der Waals surface area contributed by atoms with E-state index in [9.17, 15) is 9.59 Å². The number of amides is 1. The van der Waals surface area contributed by atoms with Crippen LogP contribution in [0.4, 0.5) is 4.79 Å². The standard InChI is InChI=1S/C19H24N2O3/c1-13(2)12-24-19(23)20-11-17-16(9-14(3)21-18(17)22)10-15-7-5-4-6-8-15/h4-9,13H,10-12H2,1-3H3,(H,20,23)(H,21,22). The predicted octanol–water partition coefficient (Wildman–Crippen LogP) is 3.16. The number of benzene rings is 1. The zero-order chi connectivity index (χ0) is 17.5. The fraction of sp³-hybridized carbons (Fsp3) is 0.368. The Kier molecular flexibility index (Phi) is 6.18. The molecule has 0 atom stereocenters. The van der Waals surface area contributed by atoms with Crippen molar-refractivity contribution >= 4 is 6.09 Å². The van der Waals surface area contributed by atoms with Gasteiger partial charge in [-0.3, -0.25) is 4.79 Å². The number of nitrogens with one attached hydrogen (secondary N) is 2. The Morgan fingerprint density at radius 1 is 1.25 bits per heavy atom. The van der Waals surface area contributed by atoms with Gasteiger partial charge in [-0.1, -0.05) is 44.2 Å². The van der Waals surface area contributed by atoms with Gasteiger partial charge in [0.25, 0.3) is 5.56 Å². The van der Waals surface area contributed by atoms with Crippen LogP contribution in [-0.4, -0.2) is 17.7 Å². The summed E-state index contributed by atoms with van der Waals surface area (Å²) in [7, 11) is 0. The third-order valence-electron chi connectivity index (χ3n) is 3.56. The lowest BCUT2D eigenvalue weighted by atomic mass is 10.0. The monoisotopic (exact) mass is 328 g/mol. The van der Waals surface area contributed by atoms with Crippen molar-refractivity contribution in [3.63, 3.8) is 0 Å². The zero-order valence-electron chi connectivity index (χ0n) is 14.4. The van der Waals surface area contributed by atoms with E-state index >= 15 is 0 Å². The van der Waals surface area contributed by atoms with Crippen molar-refractivity contribution in [1.29, 1.82) is 0 Å². The molecule has 2 rings (SSSR count). The molecule has 0 fully saturated rings. The van der Waals surface area contributed by atoms with Gasteiger partial charge in [-0.25, -0.2) is 4.79 Å². The first kappa shape index (κ1) is 17.8. The number of aromatic nitrogens is 1. The van der Waals surface area contributed by atoms with Crippen LogP contribution in [0.3, 0.4) is 0 Å².